The number of aryl methyl sites for hydroxylation is 1. The van der Waals surface area contributed by atoms with Crippen molar-refractivity contribution in [2.24, 2.45) is 5.73 Å². The van der Waals surface area contributed by atoms with Crippen molar-refractivity contribution in [2.45, 2.75) is 44.0 Å². The van der Waals surface area contributed by atoms with Crippen LogP contribution in [0, 0.1) is 12.7 Å². The minimum Gasteiger partial charge on any atom is -0.329 e. The molecule has 0 bridgehead atoms. The summed E-state index contributed by atoms with van der Waals surface area (Å²) in [7, 11) is -3.85. The fourth-order valence-corrected chi connectivity index (χ4v) is 4.06. The van der Waals surface area contributed by atoms with E-state index in [0.29, 0.717) is 12.8 Å². The Labute approximate surface area is 124 Å². The van der Waals surface area contributed by atoms with Gasteiger partial charge in [0.1, 0.15) is 10.7 Å². The van der Waals surface area contributed by atoms with E-state index in [1.54, 1.807) is 0 Å². The van der Waals surface area contributed by atoms with Gasteiger partial charge in [-0.25, -0.2) is 17.5 Å². The zero-order valence-electron chi connectivity index (χ0n) is 11.8. The third kappa shape index (κ3) is 3.49. The van der Waals surface area contributed by atoms with Crippen molar-refractivity contribution in [1.82, 2.24) is 4.72 Å². The highest BCUT2D eigenvalue weighted by Gasteiger charge is 2.32. The van der Waals surface area contributed by atoms with Crippen molar-refractivity contribution in [3.8, 4) is 0 Å². The molecule has 1 aromatic carbocycles. The molecular formula is C13H20ClFN2O2S. The third-order valence-corrected chi connectivity index (χ3v) is 5.64. The summed E-state index contributed by atoms with van der Waals surface area (Å²) in [5, 5.41) is -0.140. The highest BCUT2D eigenvalue weighted by Crippen LogP contribution is 2.27. The van der Waals surface area contributed by atoms with Gasteiger partial charge < -0.3 is 5.73 Å². The summed E-state index contributed by atoms with van der Waals surface area (Å²) in [6.45, 7) is 5.38. The summed E-state index contributed by atoms with van der Waals surface area (Å²) in [5.41, 5.74) is 5.19. The van der Waals surface area contributed by atoms with Crippen LogP contribution >= 0.6 is 11.6 Å². The number of rotatable bonds is 6. The van der Waals surface area contributed by atoms with Crippen LogP contribution in [0.2, 0.25) is 5.02 Å². The molecule has 0 heterocycles. The molecule has 0 saturated carbocycles. The number of halogens is 2. The number of hydrogen-bond acceptors (Lipinski definition) is 3. The smallest absolute Gasteiger partial charge is 0.242 e. The fraction of sp³-hybridized carbons (Fsp3) is 0.538. The van der Waals surface area contributed by atoms with Crippen LogP contribution in [0.15, 0.2) is 17.0 Å². The Morgan fingerprint density at radius 2 is 1.90 bits per heavy atom. The van der Waals surface area contributed by atoms with Crippen LogP contribution in [-0.4, -0.2) is 20.5 Å². The lowest BCUT2D eigenvalue weighted by Crippen LogP contribution is -2.52. The molecule has 0 atom stereocenters. The van der Waals surface area contributed by atoms with E-state index in [9.17, 15) is 12.8 Å². The van der Waals surface area contributed by atoms with Crippen molar-refractivity contribution < 1.29 is 12.8 Å². The Hall–Kier alpha value is -0.690. The van der Waals surface area contributed by atoms with Crippen molar-refractivity contribution in [2.75, 3.05) is 6.54 Å². The number of hydrogen-bond donors (Lipinski definition) is 2. The first-order chi connectivity index (χ1) is 9.21. The van der Waals surface area contributed by atoms with Crippen LogP contribution in [0.4, 0.5) is 4.39 Å². The molecule has 1 rings (SSSR count). The van der Waals surface area contributed by atoms with Crippen molar-refractivity contribution in [3.63, 3.8) is 0 Å². The first-order valence-electron chi connectivity index (χ1n) is 6.41. The van der Waals surface area contributed by atoms with Gasteiger partial charge in [-0.05, 0) is 37.5 Å². The molecule has 0 saturated heterocycles. The van der Waals surface area contributed by atoms with E-state index in [1.165, 1.54) is 13.0 Å². The summed E-state index contributed by atoms with van der Waals surface area (Å²) >= 11 is 5.85. The minimum atomic E-state index is -3.85. The lowest BCUT2D eigenvalue weighted by Gasteiger charge is -2.31. The van der Waals surface area contributed by atoms with Crippen LogP contribution in [0.25, 0.3) is 0 Å². The maximum absolute atomic E-state index is 13.4. The normalized spacial score (nSPS) is 12.7. The molecule has 0 aromatic heterocycles. The molecule has 0 radical (unpaired) electrons. The second-order valence-corrected chi connectivity index (χ2v) is 6.89. The minimum absolute atomic E-state index is 0.127. The van der Waals surface area contributed by atoms with E-state index in [2.05, 4.69) is 4.72 Å². The number of nitrogens with two attached hydrogens (primary N) is 1. The molecule has 0 spiro atoms. The summed E-state index contributed by atoms with van der Waals surface area (Å²) in [6.07, 6.45) is 1.11. The molecule has 4 nitrogen and oxygen atoms in total. The molecule has 0 aliphatic carbocycles. The van der Waals surface area contributed by atoms with Gasteiger partial charge in [-0.2, -0.15) is 0 Å². The van der Waals surface area contributed by atoms with Crippen LogP contribution in [0.1, 0.15) is 32.3 Å². The van der Waals surface area contributed by atoms with Gasteiger partial charge in [-0.15, -0.1) is 0 Å². The van der Waals surface area contributed by atoms with Crippen molar-refractivity contribution >= 4 is 21.6 Å². The molecule has 0 fully saturated rings. The van der Waals surface area contributed by atoms with Gasteiger partial charge in [0.15, 0.2) is 0 Å². The quantitative estimate of drug-likeness (QED) is 0.845. The lowest BCUT2D eigenvalue weighted by atomic mass is 9.95. The van der Waals surface area contributed by atoms with Gasteiger partial charge in [-0.1, -0.05) is 25.4 Å². The average molecular weight is 323 g/mol. The van der Waals surface area contributed by atoms with E-state index in [1.807, 2.05) is 13.8 Å². The second kappa shape index (κ2) is 6.39. The maximum atomic E-state index is 13.4. The lowest BCUT2D eigenvalue weighted by molar-refractivity contribution is 0.363. The number of nitrogens with one attached hydrogen (secondary N) is 1. The first kappa shape index (κ1) is 17.4. The summed E-state index contributed by atoms with van der Waals surface area (Å²) < 4.78 is 40.8. The Balaban J connectivity index is 3.28. The molecule has 1 aromatic rings. The summed E-state index contributed by atoms with van der Waals surface area (Å²) in [4.78, 5) is -0.127. The topological polar surface area (TPSA) is 72.2 Å². The van der Waals surface area contributed by atoms with Gasteiger partial charge in [0.2, 0.25) is 10.0 Å². The van der Waals surface area contributed by atoms with Crippen LogP contribution in [-0.2, 0) is 10.0 Å². The monoisotopic (exact) mass is 322 g/mol. The Kier molecular flexibility index (Phi) is 5.54. The van der Waals surface area contributed by atoms with Gasteiger partial charge in [0.05, 0.1) is 5.02 Å². The van der Waals surface area contributed by atoms with Gasteiger partial charge in [0.25, 0.3) is 0 Å². The van der Waals surface area contributed by atoms with E-state index in [4.69, 9.17) is 17.3 Å². The van der Waals surface area contributed by atoms with Crippen molar-refractivity contribution in [1.29, 1.82) is 0 Å². The fourth-order valence-electron chi connectivity index (χ4n) is 1.90. The van der Waals surface area contributed by atoms with E-state index < -0.39 is 21.4 Å². The SMILES string of the molecule is CCC(CC)(CN)NS(=O)(=O)c1cc(C)c(F)cc1Cl. The van der Waals surface area contributed by atoms with Crippen molar-refractivity contribution in [3.05, 3.63) is 28.5 Å². The largest absolute Gasteiger partial charge is 0.329 e. The zero-order valence-corrected chi connectivity index (χ0v) is 13.4. The predicted octanol–water partition coefficient (Wildman–Crippen LogP) is 2.58. The Morgan fingerprint density at radius 3 is 2.35 bits per heavy atom. The second-order valence-electron chi connectivity index (χ2n) is 4.83. The van der Waals surface area contributed by atoms with Crippen LogP contribution < -0.4 is 10.5 Å². The third-order valence-electron chi connectivity index (χ3n) is 3.60. The standard InChI is InChI=1S/C13H20ClFN2O2S/c1-4-13(5-2,8-16)17-20(18,19)12-6-9(3)11(15)7-10(12)14/h6-7,17H,4-5,8,16H2,1-3H3. The number of benzene rings is 1. The van der Waals surface area contributed by atoms with Gasteiger partial charge in [-0.3, -0.25) is 0 Å². The molecule has 0 unspecified atom stereocenters. The molecule has 114 valence electrons. The maximum Gasteiger partial charge on any atom is 0.242 e. The highest BCUT2D eigenvalue weighted by molar-refractivity contribution is 7.89. The molecule has 20 heavy (non-hydrogen) atoms. The van der Waals surface area contributed by atoms with Gasteiger partial charge in [0, 0.05) is 12.1 Å². The molecular weight excluding hydrogens is 303 g/mol. The molecule has 0 aliphatic heterocycles. The molecule has 0 amide bonds. The number of sulfonamides is 1. The highest BCUT2D eigenvalue weighted by atomic mass is 35.5. The van der Waals surface area contributed by atoms with Crippen LogP contribution in [0.3, 0.4) is 0 Å². The Bertz CT molecular complexity index is 578. The summed E-state index contributed by atoms with van der Waals surface area (Å²) in [5.74, 6) is -0.537. The van der Waals surface area contributed by atoms with Gasteiger partial charge >= 0.3 is 0 Å². The zero-order chi connectivity index (χ0) is 15.6. The molecule has 0 aliphatic rings. The first-order valence-corrected chi connectivity index (χ1v) is 8.27. The molecule has 7 heteroatoms. The Morgan fingerprint density at radius 1 is 1.35 bits per heavy atom. The van der Waals surface area contributed by atoms with Crippen LogP contribution in [0.5, 0.6) is 0 Å². The average Bonchev–Trinajstić information content (AvgIpc) is 2.40. The van der Waals surface area contributed by atoms with E-state index in [0.717, 1.165) is 6.07 Å². The summed E-state index contributed by atoms with van der Waals surface area (Å²) in [6, 6.07) is 2.24. The van der Waals surface area contributed by atoms with E-state index >= 15 is 0 Å². The van der Waals surface area contributed by atoms with E-state index in [-0.39, 0.29) is 22.0 Å². The molecule has 3 N–H and O–H groups in total. The predicted molar refractivity (Wildman–Crippen MR) is 78.8 cm³/mol.